The Morgan fingerprint density at radius 3 is 2.69 bits per heavy atom. The fourth-order valence-electron chi connectivity index (χ4n) is 4.75. The molecule has 2 heterocycles. The Kier molecular flexibility index (Phi) is 3.35. The van der Waals surface area contributed by atoms with Crippen molar-refractivity contribution in [3.05, 3.63) is 100 Å². The minimum absolute atomic E-state index is 0.0928. The van der Waals surface area contributed by atoms with Gasteiger partial charge in [0.25, 0.3) is 0 Å². The quantitative estimate of drug-likeness (QED) is 0.564. The van der Waals surface area contributed by atoms with Gasteiger partial charge in [-0.25, -0.2) is 0 Å². The van der Waals surface area contributed by atoms with Crippen molar-refractivity contribution in [2.24, 2.45) is 0 Å². The molecule has 0 radical (unpaired) electrons. The summed E-state index contributed by atoms with van der Waals surface area (Å²) in [4.78, 5) is 4.32. The maximum atomic E-state index is 6.31. The van der Waals surface area contributed by atoms with Crippen molar-refractivity contribution >= 4 is 15.6 Å². The van der Waals surface area contributed by atoms with Crippen LogP contribution in [0.25, 0.3) is 5.57 Å². The second-order valence-corrected chi connectivity index (χ2v) is 10.2. The molecule has 3 atom stereocenters. The largest absolute Gasteiger partial charge is 0.485 e. The number of fused-ring (bicyclic) bond motifs is 6. The summed E-state index contributed by atoms with van der Waals surface area (Å²) >= 11 is 0. The Hall–Kier alpha value is -2.45. The topological polar surface area (TPSA) is 9.23 Å². The molecule has 0 spiro atoms. The van der Waals surface area contributed by atoms with E-state index in [9.17, 15) is 0 Å². The molecule has 0 saturated heterocycles. The lowest BCUT2D eigenvalue weighted by Gasteiger charge is -2.41. The molecule has 1 nitrogen and oxygen atoms in total. The number of rotatable bonds is 2. The summed E-state index contributed by atoms with van der Waals surface area (Å²) < 4.78 is 6.31. The van der Waals surface area contributed by atoms with Gasteiger partial charge >= 0.3 is 0 Å². The Labute approximate surface area is 156 Å². The van der Waals surface area contributed by atoms with Gasteiger partial charge in [-0.1, -0.05) is 61.2 Å². The van der Waals surface area contributed by atoms with Crippen molar-refractivity contribution in [2.75, 3.05) is 6.26 Å². The van der Waals surface area contributed by atoms with Crippen LogP contribution in [0.2, 0.25) is 0 Å². The molecule has 0 bridgehead atoms. The molecule has 0 N–H and O–H groups in total. The number of ether oxygens (including phenoxy) is 1. The standard InChI is InChI=1S/C24H22OS/c1-4-16(5-2)26(3)22-13-9-7-10-17(22)18-14-15-21-23(24(18)26)19-11-6-8-12-20(19)25-21/h4-15,21,23H,1H2,2-3H3/b16-5+. The highest BCUT2D eigenvalue weighted by Gasteiger charge is 2.49. The molecule has 0 fully saturated rings. The SMILES string of the molecule is C=C/C(=C\C)S1(C)C2=C(C=CC3Oc4ccccc4C23)c2ccccc21. The Morgan fingerprint density at radius 2 is 1.88 bits per heavy atom. The van der Waals surface area contributed by atoms with Crippen LogP contribution in [0.3, 0.4) is 0 Å². The van der Waals surface area contributed by atoms with Crippen LogP contribution in [0.4, 0.5) is 0 Å². The van der Waals surface area contributed by atoms with Crippen molar-refractivity contribution in [3.8, 4) is 5.75 Å². The summed E-state index contributed by atoms with van der Waals surface area (Å²) in [5.74, 6) is 1.31. The Bertz CT molecular complexity index is 1030. The number of benzene rings is 2. The maximum absolute atomic E-state index is 6.31. The first-order chi connectivity index (χ1) is 12.7. The molecular weight excluding hydrogens is 336 g/mol. The van der Waals surface area contributed by atoms with E-state index >= 15 is 0 Å². The summed E-state index contributed by atoms with van der Waals surface area (Å²) in [6, 6.07) is 17.4. The van der Waals surface area contributed by atoms with Crippen LogP contribution in [0.1, 0.15) is 24.0 Å². The van der Waals surface area contributed by atoms with Crippen molar-refractivity contribution in [1.82, 2.24) is 0 Å². The molecule has 3 aliphatic rings. The van der Waals surface area contributed by atoms with Crippen molar-refractivity contribution in [3.63, 3.8) is 0 Å². The molecule has 5 rings (SSSR count). The molecule has 0 amide bonds. The van der Waals surface area contributed by atoms with Crippen molar-refractivity contribution in [2.45, 2.75) is 23.8 Å². The smallest absolute Gasteiger partial charge is 0.129 e. The molecule has 0 saturated carbocycles. The lowest BCUT2D eigenvalue weighted by atomic mass is 9.87. The Morgan fingerprint density at radius 1 is 1.12 bits per heavy atom. The van der Waals surface area contributed by atoms with Crippen LogP contribution in [0.5, 0.6) is 5.75 Å². The summed E-state index contributed by atoms with van der Waals surface area (Å²) in [6.07, 6.45) is 11.4. The van der Waals surface area contributed by atoms with E-state index in [-0.39, 0.29) is 12.0 Å². The van der Waals surface area contributed by atoms with E-state index in [1.165, 1.54) is 31.4 Å². The molecule has 0 aromatic heterocycles. The zero-order valence-electron chi connectivity index (χ0n) is 15.1. The van der Waals surface area contributed by atoms with Gasteiger partial charge in [-0.2, -0.15) is 10.0 Å². The number of hydrogen-bond acceptors (Lipinski definition) is 1. The highest BCUT2D eigenvalue weighted by molar-refractivity contribution is 8.39. The third kappa shape index (κ3) is 1.83. The highest BCUT2D eigenvalue weighted by atomic mass is 32.3. The van der Waals surface area contributed by atoms with Gasteiger partial charge in [0.05, 0.1) is 5.92 Å². The van der Waals surface area contributed by atoms with Crippen LogP contribution >= 0.6 is 10.0 Å². The monoisotopic (exact) mass is 358 g/mol. The first-order valence-corrected chi connectivity index (χ1v) is 11.1. The van der Waals surface area contributed by atoms with Crippen molar-refractivity contribution < 1.29 is 4.74 Å². The fourth-order valence-corrected chi connectivity index (χ4v) is 8.66. The minimum atomic E-state index is -1.31. The van der Waals surface area contributed by atoms with Gasteiger partial charge < -0.3 is 4.74 Å². The zero-order chi connectivity index (χ0) is 17.9. The molecule has 2 aromatic carbocycles. The molecule has 2 aromatic rings. The van der Waals surface area contributed by atoms with Gasteiger partial charge in [0.2, 0.25) is 0 Å². The van der Waals surface area contributed by atoms with Gasteiger partial charge in [-0.05, 0) is 52.3 Å². The second-order valence-electron chi connectivity index (χ2n) is 7.04. The molecule has 130 valence electrons. The third-order valence-corrected chi connectivity index (χ3v) is 9.79. The summed E-state index contributed by atoms with van der Waals surface area (Å²) in [5, 5.41) is 0. The van der Waals surface area contributed by atoms with E-state index in [0.29, 0.717) is 0 Å². The van der Waals surface area contributed by atoms with E-state index in [4.69, 9.17) is 4.74 Å². The third-order valence-electron chi connectivity index (χ3n) is 5.86. The van der Waals surface area contributed by atoms with Crippen LogP contribution < -0.4 is 4.74 Å². The molecular formula is C24H22OS. The second kappa shape index (κ2) is 5.52. The van der Waals surface area contributed by atoms with Gasteiger partial charge in [0, 0.05) is 10.5 Å². The molecule has 2 heteroatoms. The maximum Gasteiger partial charge on any atom is 0.129 e. The predicted molar refractivity (Wildman–Crippen MR) is 112 cm³/mol. The number of para-hydroxylation sites is 1. The summed E-state index contributed by atoms with van der Waals surface area (Å²) in [5.41, 5.74) is 4.08. The van der Waals surface area contributed by atoms with Gasteiger partial charge in [-0.15, -0.1) is 0 Å². The van der Waals surface area contributed by atoms with Gasteiger partial charge in [0.15, 0.2) is 0 Å². The number of allylic oxidation sites excluding steroid dienone is 4. The molecule has 2 aliphatic heterocycles. The van der Waals surface area contributed by atoms with Crippen molar-refractivity contribution in [1.29, 1.82) is 0 Å². The van der Waals surface area contributed by atoms with Gasteiger partial charge in [-0.3, -0.25) is 0 Å². The van der Waals surface area contributed by atoms with E-state index in [2.05, 4.69) is 92.6 Å². The molecule has 3 unspecified atom stereocenters. The van der Waals surface area contributed by atoms with Crippen LogP contribution in [0, 0.1) is 0 Å². The average molecular weight is 359 g/mol. The Balaban J connectivity index is 1.83. The lowest BCUT2D eigenvalue weighted by molar-refractivity contribution is 0.268. The summed E-state index contributed by atoms with van der Waals surface area (Å²) in [7, 11) is -1.31. The van der Waals surface area contributed by atoms with E-state index in [1.807, 2.05) is 0 Å². The predicted octanol–water partition coefficient (Wildman–Crippen LogP) is 6.41. The van der Waals surface area contributed by atoms with Gasteiger partial charge in [0.1, 0.15) is 11.9 Å². The van der Waals surface area contributed by atoms with E-state index in [1.54, 1.807) is 0 Å². The van der Waals surface area contributed by atoms with E-state index < -0.39 is 10.0 Å². The highest BCUT2D eigenvalue weighted by Crippen LogP contribution is 2.77. The normalized spacial score (nSPS) is 30.6. The van der Waals surface area contributed by atoms with Crippen LogP contribution in [0.15, 0.2) is 94.1 Å². The fraction of sp³-hybridized carbons (Fsp3) is 0.167. The molecule has 1 aliphatic carbocycles. The number of hydrogen-bond donors (Lipinski definition) is 0. The molecule has 26 heavy (non-hydrogen) atoms. The average Bonchev–Trinajstić information content (AvgIpc) is 3.17. The lowest BCUT2D eigenvalue weighted by Crippen LogP contribution is -2.22. The first-order valence-electron chi connectivity index (χ1n) is 9.04. The zero-order valence-corrected chi connectivity index (χ0v) is 15.9. The first kappa shape index (κ1) is 15.8. The minimum Gasteiger partial charge on any atom is -0.485 e. The van der Waals surface area contributed by atoms with E-state index in [0.717, 1.165) is 5.75 Å². The van der Waals surface area contributed by atoms with Crippen LogP contribution in [-0.4, -0.2) is 12.4 Å². The van der Waals surface area contributed by atoms with Crippen LogP contribution in [-0.2, 0) is 0 Å². The summed E-state index contributed by atoms with van der Waals surface area (Å²) in [6.45, 7) is 6.27.